The number of nitrogens with one attached hydrogen (secondary N) is 1. The Hall–Kier alpha value is -3.40. The number of fused-ring (bicyclic) bond motifs is 2. The van der Waals surface area contributed by atoms with Gasteiger partial charge in [0.15, 0.2) is 0 Å². The molecule has 1 aliphatic heterocycles. The van der Waals surface area contributed by atoms with Gasteiger partial charge in [0.2, 0.25) is 0 Å². The van der Waals surface area contributed by atoms with Crippen molar-refractivity contribution < 1.29 is 9.18 Å². The van der Waals surface area contributed by atoms with Gasteiger partial charge in [0.25, 0.3) is 5.91 Å². The molecular weight excluding hydrogens is 375 g/mol. The molecule has 0 aliphatic carbocycles. The number of carbonyl (C=O) groups excluding carboxylic acids is 1. The summed E-state index contributed by atoms with van der Waals surface area (Å²) in [6.07, 6.45) is 1.97. The Morgan fingerprint density at radius 3 is 2.50 bits per heavy atom. The average molecular weight is 398 g/mol. The van der Waals surface area contributed by atoms with E-state index in [1.54, 1.807) is 12.1 Å². The Labute approximate surface area is 175 Å². The standard InChI is InChI=1S/C26H23FN2O/c1-2-3-16-29-25(19-8-4-5-9-20(19)26(29)30)23-21-10-6-7-11-22(21)28-24(23)17-12-14-18(27)15-13-17/h4-15,25,28H,2-3,16H2,1H3. The van der Waals surface area contributed by atoms with E-state index in [0.717, 1.165) is 51.7 Å². The van der Waals surface area contributed by atoms with Crippen molar-refractivity contribution in [1.82, 2.24) is 9.88 Å². The predicted octanol–water partition coefficient (Wildman–Crippen LogP) is 6.32. The summed E-state index contributed by atoms with van der Waals surface area (Å²) in [6.45, 7) is 2.84. The molecule has 0 saturated heterocycles. The second-order valence-electron chi connectivity index (χ2n) is 7.81. The van der Waals surface area contributed by atoms with E-state index >= 15 is 0 Å². The van der Waals surface area contributed by atoms with Crippen LogP contribution in [0.15, 0.2) is 72.8 Å². The summed E-state index contributed by atoms with van der Waals surface area (Å²) in [5, 5.41) is 1.09. The quantitative estimate of drug-likeness (QED) is 0.420. The lowest BCUT2D eigenvalue weighted by molar-refractivity contribution is 0.0748. The number of hydrogen-bond donors (Lipinski definition) is 1. The summed E-state index contributed by atoms with van der Waals surface area (Å²) in [5.41, 5.74) is 5.74. The number of aromatic amines is 1. The van der Waals surface area contributed by atoms with Gasteiger partial charge in [-0.15, -0.1) is 0 Å². The molecule has 2 heterocycles. The van der Waals surface area contributed by atoms with Crippen molar-refractivity contribution in [1.29, 1.82) is 0 Å². The minimum absolute atomic E-state index is 0.0828. The number of halogens is 1. The molecule has 0 radical (unpaired) electrons. The first-order chi connectivity index (χ1) is 14.7. The molecular formula is C26H23FN2O. The summed E-state index contributed by atoms with van der Waals surface area (Å²) in [6, 6.07) is 22.4. The van der Waals surface area contributed by atoms with Crippen LogP contribution in [-0.4, -0.2) is 22.3 Å². The first kappa shape index (κ1) is 18.6. The molecule has 4 heteroatoms. The van der Waals surface area contributed by atoms with Crippen LogP contribution in [0.4, 0.5) is 4.39 Å². The normalized spacial score (nSPS) is 15.7. The fourth-order valence-corrected chi connectivity index (χ4v) is 4.53. The summed E-state index contributed by atoms with van der Waals surface area (Å²) < 4.78 is 13.6. The Balaban J connectivity index is 1.77. The maximum atomic E-state index is 13.6. The molecule has 5 rings (SSSR count). The Bertz CT molecular complexity index is 1230. The van der Waals surface area contributed by atoms with Crippen molar-refractivity contribution in [3.63, 3.8) is 0 Å². The molecule has 0 bridgehead atoms. The smallest absolute Gasteiger partial charge is 0.255 e. The van der Waals surface area contributed by atoms with E-state index in [9.17, 15) is 9.18 Å². The van der Waals surface area contributed by atoms with Crippen LogP contribution >= 0.6 is 0 Å². The number of carbonyl (C=O) groups is 1. The van der Waals surface area contributed by atoms with Crippen molar-refractivity contribution in [2.75, 3.05) is 6.54 Å². The van der Waals surface area contributed by atoms with Crippen LogP contribution in [0.3, 0.4) is 0 Å². The zero-order valence-corrected chi connectivity index (χ0v) is 16.9. The number of para-hydroxylation sites is 1. The van der Waals surface area contributed by atoms with Crippen molar-refractivity contribution >= 4 is 16.8 Å². The molecule has 150 valence electrons. The van der Waals surface area contributed by atoms with Gasteiger partial charge in [0.1, 0.15) is 5.82 Å². The predicted molar refractivity (Wildman–Crippen MR) is 118 cm³/mol. The van der Waals surface area contributed by atoms with Gasteiger partial charge in [0, 0.05) is 28.6 Å². The number of benzene rings is 3. The largest absolute Gasteiger partial charge is 0.354 e. The number of rotatable bonds is 5. The van der Waals surface area contributed by atoms with Crippen LogP contribution < -0.4 is 0 Å². The first-order valence-corrected chi connectivity index (χ1v) is 10.5. The third kappa shape index (κ3) is 2.91. The van der Waals surface area contributed by atoms with Crippen LogP contribution in [0.1, 0.15) is 47.3 Å². The highest BCUT2D eigenvalue weighted by Crippen LogP contribution is 2.45. The van der Waals surface area contributed by atoms with E-state index in [1.807, 2.05) is 41.3 Å². The highest BCUT2D eigenvalue weighted by Gasteiger charge is 2.39. The van der Waals surface area contributed by atoms with Gasteiger partial charge in [-0.3, -0.25) is 4.79 Å². The summed E-state index contributed by atoms with van der Waals surface area (Å²) in [4.78, 5) is 18.8. The lowest BCUT2D eigenvalue weighted by Crippen LogP contribution is -2.30. The minimum atomic E-state index is -0.262. The topological polar surface area (TPSA) is 36.1 Å². The van der Waals surface area contributed by atoms with Gasteiger partial charge in [-0.25, -0.2) is 4.39 Å². The number of unbranched alkanes of at least 4 members (excludes halogenated alkanes) is 1. The van der Waals surface area contributed by atoms with E-state index in [-0.39, 0.29) is 17.8 Å². The highest BCUT2D eigenvalue weighted by atomic mass is 19.1. The highest BCUT2D eigenvalue weighted by molar-refractivity contribution is 6.02. The SMILES string of the molecule is CCCCN1C(=O)c2ccccc2C1c1c(-c2ccc(F)cc2)[nH]c2ccccc12. The van der Waals surface area contributed by atoms with E-state index in [1.165, 1.54) is 12.1 Å². The lowest BCUT2D eigenvalue weighted by atomic mass is 9.93. The van der Waals surface area contributed by atoms with Crippen molar-refractivity contribution in [2.24, 2.45) is 0 Å². The van der Waals surface area contributed by atoms with Crippen molar-refractivity contribution in [3.05, 3.63) is 95.3 Å². The number of hydrogen-bond acceptors (Lipinski definition) is 1. The lowest BCUT2D eigenvalue weighted by Gasteiger charge is -2.26. The molecule has 30 heavy (non-hydrogen) atoms. The minimum Gasteiger partial charge on any atom is -0.354 e. The van der Waals surface area contributed by atoms with Gasteiger partial charge < -0.3 is 9.88 Å². The molecule has 3 aromatic carbocycles. The third-order valence-electron chi connectivity index (χ3n) is 5.96. The number of nitrogens with zero attached hydrogens (tertiary/aromatic N) is 1. The molecule has 1 aromatic heterocycles. The summed E-state index contributed by atoms with van der Waals surface area (Å²) in [7, 11) is 0. The number of aromatic nitrogens is 1. The van der Waals surface area contributed by atoms with Gasteiger partial charge in [0.05, 0.1) is 11.7 Å². The van der Waals surface area contributed by atoms with Crippen LogP contribution in [-0.2, 0) is 0 Å². The second kappa shape index (κ2) is 7.45. The van der Waals surface area contributed by atoms with E-state index in [4.69, 9.17) is 0 Å². The van der Waals surface area contributed by atoms with Crippen molar-refractivity contribution in [2.45, 2.75) is 25.8 Å². The van der Waals surface area contributed by atoms with Gasteiger partial charge in [-0.05, 0) is 53.9 Å². The van der Waals surface area contributed by atoms with E-state index in [2.05, 4.69) is 24.0 Å². The van der Waals surface area contributed by atoms with Crippen LogP contribution in [0, 0.1) is 5.82 Å². The number of amides is 1. The molecule has 4 aromatic rings. The fourth-order valence-electron chi connectivity index (χ4n) is 4.53. The molecule has 3 nitrogen and oxygen atoms in total. The Morgan fingerprint density at radius 1 is 0.967 bits per heavy atom. The van der Waals surface area contributed by atoms with Crippen molar-refractivity contribution in [3.8, 4) is 11.3 Å². The van der Waals surface area contributed by atoms with Crippen LogP contribution in [0.2, 0.25) is 0 Å². The molecule has 1 unspecified atom stereocenters. The monoisotopic (exact) mass is 398 g/mol. The molecule has 1 atom stereocenters. The molecule has 1 N–H and O–H groups in total. The van der Waals surface area contributed by atoms with E-state index < -0.39 is 0 Å². The van der Waals surface area contributed by atoms with Crippen LogP contribution in [0.25, 0.3) is 22.2 Å². The second-order valence-corrected chi connectivity index (χ2v) is 7.81. The van der Waals surface area contributed by atoms with E-state index in [0.29, 0.717) is 6.54 Å². The zero-order chi connectivity index (χ0) is 20.7. The first-order valence-electron chi connectivity index (χ1n) is 10.5. The molecule has 0 spiro atoms. The molecule has 1 aliphatic rings. The summed E-state index contributed by atoms with van der Waals surface area (Å²) in [5.74, 6) is -0.179. The number of H-pyrrole nitrogens is 1. The summed E-state index contributed by atoms with van der Waals surface area (Å²) >= 11 is 0. The molecule has 1 amide bonds. The molecule has 0 fully saturated rings. The zero-order valence-electron chi connectivity index (χ0n) is 16.9. The molecule has 0 saturated carbocycles. The maximum Gasteiger partial charge on any atom is 0.255 e. The Kier molecular flexibility index (Phi) is 4.62. The Morgan fingerprint density at radius 2 is 1.70 bits per heavy atom. The third-order valence-corrected chi connectivity index (χ3v) is 5.96. The van der Waals surface area contributed by atoms with Gasteiger partial charge >= 0.3 is 0 Å². The van der Waals surface area contributed by atoms with Crippen LogP contribution in [0.5, 0.6) is 0 Å². The fraction of sp³-hybridized carbons (Fsp3) is 0.192. The maximum absolute atomic E-state index is 13.6. The average Bonchev–Trinajstić information content (AvgIpc) is 3.28. The van der Waals surface area contributed by atoms with Gasteiger partial charge in [-0.1, -0.05) is 49.7 Å². The van der Waals surface area contributed by atoms with Gasteiger partial charge in [-0.2, -0.15) is 0 Å².